The molecule has 2 heteroatoms. The maximum Gasteiger partial charge on any atom is 0.0500 e. The lowest BCUT2D eigenvalue weighted by Crippen LogP contribution is -2.08. The predicted octanol–water partition coefficient (Wildman–Crippen LogP) is 1.95. The van der Waals surface area contributed by atoms with E-state index in [0.717, 1.165) is 0 Å². The quantitative estimate of drug-likeness (QED) is 0.552. The zero-order valence-electron chi connectivity index (χ0n) is 7.54. The molecule has 1 unspecified atom stereocenters. The van der Waals surface area contributed by atoms with Crippen LogP contribution in [-0.2, 0) is 0 Å². The number of rotatable bonds is 3. The second-order valence-corrected chi connectivity index (χ2v) is 3.20. The van der Waals surface area contributed by atoms with Crippen molar-refractivity contribution in [2.45, 2.75) is 32.7 Å². The third-order valence-electron chi connectivity index (χ3n) is 1.96. The lowest BCUT2D eigenvalue weighted by Gasteiger charge is -2.03. The van der Waals surface area contributed by atoms with Crippen molar-refractivity contribution in [2.24, 2.45) is 15.9 Å². The monoisotopic (exact) mass is 152 g/mol. The Morgan fingerprint density at radius 3 is 2.64 bits per heavy atom. The first-order chi connectivity index (χ1) is 5.24. The molecule has 1 aliphatic rings. The van der Waals surface area contributed by atoms with Gasteiger partial charge in [0.2, 0.25) is 0 Å². The molecule has 1 rings (SSSR count). The zero-order valence-corrected chi connectivity index (χ0v) is 7.54. The van der Waals surface area contributed by atoms with Gasteiger partial charge < -0.3 is 4.99 Å². The van der Waals surface area contributed by atoms with Crippen molar-refractivity contribution in [3.05, 3.63) is 0 Å². The summed E-state index contributed by atoms with van der Waals surface area (Å²) in [6, 6.07) is 0.641. The Balaban J connectivity index is 2.43. The lowest BCUT2D eigenvalue weighted by molar-refractivity contribution is 0.991. The van der Waals surface area contributed by atoms with Gasteiger partial charge in [-0.1, -0.05) is 6.92 Å². The standard InChI is InChI=1S/C9H16N2/c1-7(6-10-3)8(2)11-9-4-5-9/h6-7,9H,4-5H2,1-3H3/b10-6-,11-8-. The number of hydrogen-bond acceptors (Lipinski definition) is 2. The van der Waals surface area contributed by atoms with Crippen LogP contribution in [0.25, 0.3) is 0 Å². The molecule has 0 aromatic rings. The summed E-state index contributed by atoms with van der Waals surface area (Å²) in [7, 11) is 1.81. The number of nitrogens with zero attached hydrogens (tertiary/aromatic N) is 2. The van der Waals surface area contributed by atoms with Gasteiger partial charge in [-0.05, 0) is 19.8 Å². The van der Waals surface area contributed by atoms with E-state index < -0.39 is 0 Å². The van der Waals surface area contributed by atoms with Crippen molar-refractivity contribution in [2.75, 3.05) is 7.05 Å². The van der Waals surface area contributed by atoms with E-state index in [1.807, 2.05) is 6.21 Å². The first-order valence-electron chi connectivity index (χ1n) is 4.20. The summed E-state index contributed by atoms with van der Waals surface area (Å²) in [6.07, 6.45) is 4.52. The molecule has 0 amide bonds. The van der Waals surface area contributed by atoms with Gasteiger partial charge in [0.15, 0.2) is 0 Å². The average molecular weight is 152 g/mol. The highest BCUT2D eigenvalue weighted by atomic mass is 14.8. The largest absolute Gasteiger partial charge is 0.300 e. The Morgan fingerprint density at radius 1 is 1.55 bits per heavy atom. The summed E-state index contributed by atoms with van der Waals surface area (Å²) in [5.74, 6) is 0.417. The minimum Gasteiger partial charge on any atom is -0.300 e. The van der Waals surface area contributed by atoms with Crippen molar-refractivity contribution in [3.8, 4) is 0 Å². The van der Waals surface area contributed by atoms with Gasteiger partial charge in [-0.2, -0.15) is 0 Å². The molecular weight excluding hydrogens is 136 g/mol. The van der Waals surface area contributed by atoms with Crippen molar-refractivity contribution in [3.63, 3.8) is 0 Å². The van der Waals surface area contributed by atoms with Crippen molar-refractivity contribution in [1.29, 1.82) is 0 Å². The molecule has 0 aliphatic heterocycles. The summed E-state index contributed by atoms with van der Waals surface area (Å²) in [5.41, 5.74) is 1.22. The fourth-order valence-corrected chi connectivity index (χ4v) is 0.941. The topological polar surface area (TPSA) is 24.7 Å². The highest BCUT2D eigenvalue weighted by Crippen LogP contribution is 2.24. The number of aliphatic imine (C=N–C) groups is 2. The van der Waals surface area contributed by atoms with Gasteiger partial charge in [0.25, 0.3) is 0 Å². The first kappa shape index (κ1) is 8.44. The zero-order chi connectivity index (χ0) is 8.27. The molecule has 0 N–H and O–H groups in total. The van der Waals surface area contributed by atoms with E-state index in [-0.39, 0.29) is 0 Å². The van der Waals surface area contributed by atoms with Crippen LogP contribution in [0.5, 0.6) is 0 Å². The van der Waals surface area contributed by atoms with Gasteiger partial charge in [-0.3, -0.25) is 4.99 Å². The second kappa shape index (κ2) is 3.65. The van der Waals surface area contributed by atoms with Crippen molar-refractivity contribution in [1.82, 2.24) is 0 Å². The summed E-state index contributed by atoms with van der Waals surface area (Å²) in [6.45, 7) is 4.22. The van der Waals surface area contributed by atoms with Crippen LogP contribution in [0.3, 0.4) is 0 Å². The van der Waals surface area contributed by atoms with Crippen molar-refractivity contribution < 1.29 is 0 Å². The van der Waals surface area contributed by atoms with Crippen LogP contribution >= 0.6 is 0 Å². The Kier molecular flexibility index (Phi) is 2.80. The van der Waals surface area contributed by atoms with E-state index in [0.29, 0.717) is 12.0 Å². The number of hydrogen-bond donors (Lipinski definition) is 0. The van der Waals surface area contributed by atoms with Crippen LogP contribution in [0, 0.1) is 5.92 Å². The predicted molar refractivity (Wildman–Crippen MR) is 49.7 cm³/mol. The van der Waals surface area contributed by atoms with E-state index in [1.54, 1.807) is 7.05 Å². The summed E-state index contributed by atoms with van der Waals surface area (Å²) >= 11 is 0. The normalized spacial score (nSPS) is 22.6. The van der Waals surface area contributed by atoms with Crippen LogP contribution in [0.15, 0.2) is 9.98 Å². The Hall–Kier alpha value is -0.660. The Morgan fingerprint density at radius 2 is 2.18 bits per heavy atom. The van der Waals surface area contributed by atoms with Gasteiger partial charge in [-0.25, -0.2) is 0 Å². The van der Waals surface area contributed by atoms with Crippen LogP contribution in [0.2, 0.25) is 0 Å². The molecule has 1 fully saturated rings. The molecular formula is C9H16N2. The lowest BCUT2D eigenvalue weighted by atomic mass is 10.1. The highest BCUT2D eigenvalue weighted by molar-refractivity contribution is 5.96. The van der Waals surface area contributed by atoms with Crippen molar-refractivity contribution >= 4 is 11.9 Å². The fraction of sp³-hybridized carbons (Fsp3) is 0.778. The van der Waals surface area contributed by atoms with E-state index in [9.17, 15) is 0 Å². The summed E-state index contributed by atoms with van der Waals surface area (Å²) in [5, 5.41) is 0. The molecule has 0 aromatic carbocycles. The summed E-state index contributed by atoms with van der Waals surface area (Å²) in [4.78, 5) is 8.51. The second-order valence-electron chi connectivity index (χ2n) is 3.20. The van der Waals surface area contributed by atoms with E-state index in [1.165, 1.54) is 18.6 Å². The van der Waals surface area contributed by atoms with Gasteiger partial charge in [0, 0.05) is 24.9 Å². The van der Waals surface area contributed by atoms with Gasteiger partial charge in [0.1, 0.15) is 0 Å². The molecule has 1 aliphatic carbocycles. The minimum absolute atomic E-state index is 0.417. The molecule has 0 aromatic heterocycles. The van der Waals surface area contributed by atoms with E-state index in [4.69, 9.17) is 0 Å². The summed E-state index contributed by atoms with van der Waals surface area (Å²) < 4.78 is 0. The third-order valence-corrected chi connectivity index (χ3v) is 1.96. The van der Waals surface area contributed by atoms with E-state index >= 15 is 0 Å². The molecule has 0 saturated heterocycles. The molecule has 1 atom stereocenters. The molecule has 1 saturated carbocycles. The molecule has 11 heavy (non-hydrogen) atoms. The minimum atomic E-state index is 0.417. The van der Waals surface area contributed by atoms with Crippen LogP contribution in [0.4, 0.5) is 0 Å². The molecule has 62 valence electrons. The maximum absolute atomic E-state index is 4.53. The van der Waals surface area contributed by atoms with Gasteiger partial charge >= 0.3 is 0 Å². The van der Waals surface area contributed by atoms with Crippen LogP contribution < -0.4 is 0 Å². The average Bonchev–Trinajstić information content (AvgIpc) is 2.72. The molecule has 0 bridgehead atoms. The first-order valence-corrected chi connectivity index (χ1v) is 4.20. The van der Waals surface area contributed by atoms with E-state index in [2.05, 4.69) is 23.8 Å². The molecule has 0 heterocycles. The maximum atomic E-state index is 4.53. The third kappa shape index (κ3) is 2.83. The van der Waals surface area contributed by atoms with Crippen LogP contribution in [0.1, 0.15) is 26.7 Å². The van der Waals surface area contributed by atoms with Gasteiger partial charge in [-0.15, -0.1) is 0 Å². The Bertz CT molecular complexity index is 178. The smallest absolute Gasteiger partial charge is 0.0500 e. The van der Waals surface area contributed by atoms with Gasteiger partial charge in [0.05, 0.1) is 6.04 Å². The fourth-order valence-electron chi connectivity index (χ4n) is 0.941. The SMILES string of the molecule is C/N=C\C(C)/C(C)=N\C1CC1. The molecule has 0 radical (unpaired) electrons. The Labute approximate surface area is 68.4 Å². The van der Waals surface area contributed by atoms with Crippen LogP contribution in [-0.4, -0.2) is 25.0 Å². The molecule has 0 spiro atoms. The highest BCUT2D eigenvalue weighted by Gasteiger charge is 2.20. The molecule has 2 nitrogen and oxygen atoms in total.